The minimum absolute atomic E-state index is 0. The molecule has 1 aromatic rings. The Morgan fingerprint density at radius 2 is 1.91 bits per heavy atom. The van der Waals surface area contributed by atoms with Gasteiger partial charge in [0, 0.05) is 30.7 Å². The van der Waals surface area contributed by atoms with Crippen LogP contribution in [0.25, 0.3) is 0 Å². The molecular formula is C17H27ClN4O. The van der Waals surface area contributed by atoms with E-state index in [2.05, 4.69) is 10.4 Å². The molecule has 128 valence electrons. The van der Waals surface area contributed by atoms with Gasteiger partial charge < -0.3 is 11.1 Å². The van der Waals surface area contributed by atoms with E-state index in [1.54, 1.807) is 0 Å². The van der Waals surface area contributed by atoms with Crippen LogP contribution in [0.2, 0.25) is 0 Å². The zero-order chi connectivity index (χ0) is 15.3. The Kier molecular flexibility index (Phi) is 4.70. The van der Waals surface area contributed by atoms with Crippen molar-refractivity contribution in [2.45, 2.75) is 62.9 Å². The summed E-state index contributed by atoms with van der Waals surface area (Å²) in [4.78, 5) is 12.6. The number of nitrogens with zero attached hydrogens (tertiary/aromatic N) is 2. The Hall–Kier alpha value is -1.07. The first-order valence-corrected chi connectivity index (χ1v) is 8.72. The summed E-state index contributed by atoms with van der Waals surface area (Å²) in [6.45, 7) is 0. The second kappa shape index (κ2) is 6.44. The molecule has 5 nitrogen and oxygen atoms in total. The van der Waals surface area contributed by atoms with Crippen LogP contribution in [0.4, 0.5) is 0 Å². The number of fused-ring (bicyclic) bond motifs is 2. The highest BCUT2D eigenvalue weighted by atomic mass is 35.5. The van der Waals surface area contributed by atoms with Gasteiger partial charge in [-0.2, -0.15) is 5.10 Å². The van der Waals surface area contributed by atoms with Gasteiger partial charge >= 0.3 is 0 Å². The fourth-order valence-electron chi connectivity index (χ4n) is 4.60. The normalized spacial score (nSPS) is 33.0. The van der Waals surface area contributed by atoms with Gasteiger partial charge in [0.1, 0.15) is 5.69 Å². The van der Waals surface area contributed by atoms with Crippen LogP contribution in [0.1, 0.15) is 67.0 Å². The number of carbonyl (C=O) groups is 1. The standard InChI is InChI=1S/C17H26N4O.ClH/c1-21-15(10-5-6-10)9-14(20-21)17(22)19-16-11-3-2-4-12(16)8-13(18)7-11;/h9-13,16H,2-8,18H2,1H3,(H,19,22);1H. The molecule has 0 spiro atoms. The number of nitrogens with two attached hydrogens (primary N) is 1. The van der Waals surface area contributed by atoms with Crippen LogP contribution in [-0.4, -0.2) is 27.8 Å². The molecule has 0 aliphatic heterocycles. The van der Waals surface area contributed by atoms with Crippen molar-refractivity contribution in [3.05, 3.63) is 17.5 Å². The summed E-state index contributed by atoms with van der Waals surface area (Å²) in [6.07, 6.45) is 8.24. The number of amides is 1. The quantitative estimate of drug-likeness (QED) is 0.888. The Labute approximate surface area is 143 Å². The fraction of sp³-hybridized carbons (Fsp3) is 0.765. The van der Waals surface area contributed by atoms with Crippen molar-refractivity contribution in [1.82, 2.24) is 15.1 Å². The molecule has 0 aromatic carbocycles. The summed E-state index contributed by atoms with van der Waals surface area (Å²) < 4.78 is 1.88. The minimum atomic E-state index is -0.000119. The maximum Gasteiger partial charge on any atom is 0.272 e. The molecule has 1 amide bonds. The largest absolute Gasteiger partial charge is 0.347 e. The van der Waals surface area contributed by atoms with Gasteiger partial charge in [-0.3, -0.25) is 9.48 Å². The van der Waals surface area contributed by atoms with Crippen molar-refractivity contribution in [3.8, 4) is 0 Å². The maximum absolute atomic E-state index is 12.6. The molecule has 0 saturated heterocycles. The molecule has 3 N–H and O–H groups in total. The monoisotopic (exact) mass is 338 g/mol. The van der Waals surface area contributed by atoms with Crippen LogP contribution >= 0.6 is 12.4 Å². The van der Waals surface area contributed by atoms with Crippen LogP contribution in [0.15, 0.2) is 6.07 Å². The summed E-state index contributed by atoms with van der Waals surface area (Å²) in [5.74, 6) is 1.72. The van der Waals surface area contributed by atoms with Crippen molar-refractivity contribution in [2.75, 3.05) is 0 Å². The summed E-state index contributed by atoms with van der Waals surface area (Å²) in [5, 5.41) is 7.71. The highest BCUT2D eigenvalue weighted by Crippen LogP contribution is 2.41. The lowest BCUT2D eigenvalue weighted by Gasteiger charge is -2.45. The van der Waals surface area contributed by atoms with E-state index < -0.39 is 0 Å². The number of nitrogens with one attached hydrogen (secondary N) is 1. The van der Waals surface area contributed by atoms with E-state index in [1.807, 2.05) is 17.8 Å². The van der Waals surface area contributed by atoms with Crippen LogP contribution in [0.3, 0.4) is 0 Å². The molecule has 2 unspecified atom stereocenters. The third-order valence-electron chi connectivity index (χ3n) is 5.82. The average Bonchev–Trinajstić information content (AvgIpc) is 3.22. The number of halogens is 1. The molecule has 1 heterocycles. The lowest BCUT2D eigenvalue weighted by Crippen LogP contribution is -2.53. The molecule has 23 heavy (non-hydrogen) atoms. The Balaban J connectivity index is 0.00000156. The maximum atomic E-state index is 12.6. The molecule has 2 atom stereocenters. The van der Waals surface area contributed by atoms with E-state index in [0.29, 0.717) is 35.5 Å². The highest BCUT2D eigenvalue weighted by Gasteiger charge is 2.40. The first kappa shape index (κ1) is 16.8. The molecule has 0 radical (unpaired) electrons. The third-order valence-corrected chi connectivity index (χ3v) is 5.82. The van der Waals surface area contributed by atoms with Crippen molar-refractivity contribution < 1.29 is 4.79 Å². The number of aromatic nitrogens is 2. The van der Waals surface area contributed by atoms with E-state index in [1.165, 1.54) is 37.8 Å². The second-order valence-electron chi connectivity index (χ2n) is 7.53. The lowest BCUT2D eigenvalue weighted by molar-refractivity contribution is 0.0751. The number of rotatable bonds is 3. The smallest absolute Gasteiger partial charge is 0.272 e. The van der Waals surface area contributed by atoms with Crippen molar-refractivity contribution in [1.29, 1.82) is 0 Å². The minimum Gasteiger partial charge on any atom is -0.347 e. The van der Waals surface area contributed by atoms with Gasteiger partial charge in [-0.05, 0) is 56.4 Å². The van der Waals surface area contributed by atoms with Gasteiger partial charge in [-0.15, -0.1) is 12.4 Å². The Morgan fingerprint density at radius 3 is 2.52 bits per heavy atom. The number of aryl methyl sites for hydroxylation is 1. The molecule has 4 rings (SSSR count). The zero-order valence-electron chi connectivity index (χ0n) is 13.7. The molecule has 6 heteroatoms. The number of carbonyl (C=O) groups excluding carboxylic acids is 1. The molecule has 3 saturated carbocycles. The van der Waals surface area contributed by atoms with E-state index in [0.717, 1.165) is 12.8 Å². The Bertz CT molecular complexity index is 569. The van der Waals surface area contributed by atoms with Crippen molar-refractivity contribution in [2.24, 2.45) is 24.6 Å². The SMILES string of the molecule is Cl.Cn1nc(C(=O)NC2C3CCCC2CC(N)C3)cc1C1CC1. The first-order valence-electron chi connectivity index (χ1n) is 8.72. The van der Waals surface area contributed by atoms with Gasteiger partial charge in [-0.1, -0.05) is 6.42 Å². The van der Waals surface area contributed by atoms with Crippen LogP contribution < -0.4 is 11.1 Å². The van der Waals surface area contributed by atoms with Crippen LogP contribution in [0, 0.1) is 11.8 Å². The van der Waals surface area contributed by atoms with Crippen molar-refractivity contribution in [3.63, 3.8) is 0 Å². The third kappa shape index (κ3) is 3.26. The lowest BCUT2D eigenvalue weighted by atomic mass is 9.67. The van der Waals surface area contributed by atoms with Crippen LogP contribution in [0.5, 0.6) is 0 Å². The average molecular weight is 339 g/mol. The first-order chi connectivity index (χ1) is 10.6. The molecule has 3 aliphatic carbocycles. The second-order valence-corrected chi connectivity index (χ2v) is 7.53. The molecule has 3 aliphatic rings. The number of hydrogen-bond donors (Lipinski definition) is 2. The van der Waals surface area contributed by atoms with E-state index in [4.69, 9.17) is 5.73 Å². The summed E-state index contributed by atoms with van der Waals surface area (Å²) in [5.41, 5.74) is 7.95. The highest BCUT2D eigenvalue weighted by molar-refractivity contribution is 5.92. The van der Waals surface area contributed by atoms with Gasteiger partial charge in [0.25, 0.3) is 5.91 Å². The molecule has 3 fully saturated rings. The van der Waals surface area contributed by atoms with Crippen LogP contribution in [-0.2, 0) is 7.05 Å². The van der Waals surface area contributed by atoms with Gasteiger partial charge in [0.05, 0.1) is 0 Å². The summed E-state index contributed by atoms with van der Waals surface area (Å²) in [7, 11) is 1.94. The van der Waals surface area contributed by atoms with E-state index >= 15 is 0 Å². The predicted molar refractivity (Wildman–Crippen MR) is 91.7 cm³/mol. The molecule has 2 bridgehead atoms. The summed E-state index contributed by atoms with van der Waals surface area (Å²) in [6, 6.07) is 2.60. The molecule has 1 aromatic heterocycles. The van der Waals surface area contributed by atoms with Crippen molar-refractivity contribution >= 4 is 18.3 Å². The molecular weight excluding hydrogens is 312 g/mol. The van der Waals surface area contributed by atoms with E-state index in [9.17, 15) is 4.79 Å². The summed E-state index contributed by atoms with van der Waals surface area (Å²) >= 11 is 0. The van der Waals surface area contributed by atoms with Gasteiger partial charge in [-0.25, -0.2) is 0 Å². The van der Waals surface area contributed by atoms with E-state index in [-0.39, 0.29) is 18.3 Å². The fourth-order valence-corrected chi connectivity index (χ4v) is 4.60. The number of hydrogen-bond acceptors (Lipinski definition) is 3. The van der Waals surface area contributed by atoms with Gasteiger partial charge in [0.15, 0.2) is 0 Å². The zero-order valence-corrected chi connectivity index (χ0v) is 14.5. The Morgan fingerprint density at radius 1 is 1.26 bits per heavy atom. The predicted octanol–water partition coefficient (Wildman–Crippen LogP) is 2.36. The topological polar surface area (TPSA) is 72.9 Å². The van der Waals surface area contributed by atoms with Gasteiger partial charge in [0.2, 0.25) is 0 Å².